The van der Waals surface area contributed by atoms with Gasteiger partial charge in [0.1, 0.15) is 6.10 Å². The Morgan fingerprint density at radius 3 is 2.32 bits per heavy atom. The topological polar surface area (TPSA) is 55.3 Å². The third-order valence-corrected chi connectivity index (χ3v) is 7.66. The summed E-state index contributed by atoms with van der Waals surface area (Å²) in [5.41, 5.74) is 2.16. The highest BCUT2D eigenvalue weighted by Crippen LogP contribution is 2.61. The molecule has 0 radical (unpaired) electrons. The number of rotatable bonds is 4. The number of aryl methyl sites for hydroxylation is 2. The summed E-state index contributed by atoms with van der Waals surface area (Å²) in [4.78, 5) is 24.1. The average Bonchev–Trinajstić information content (AvgIpc) is 2.59. The van der Waals surface area contributed by atoms with Crippen LogP contribution in [0.25, 0.3) is 0 Å². The number of carbonyl (C=O) groups is 1. The molecule has 1 saturated heterocycles. The molecule has 5 fully saturated rings. The fraction of sp³-hybridized carbons (Fsp3) is 0.783. The number of ether oxygens (including phenoxy) is 1. The Kier molecular flexibility index (Phi) is 4.59. The molecule has 2 heterocycles. The molecule has 4 saturated carbocycles. The molecule has 1 unspecified atom stereocenters. The zero-order valence-electron chi connectivity index (χ0n) is 17.3. The lowest BCUT2D eigenvalue weighted by molar-refractivity contribution is -0.142. The zero-order chi connectivity index (χ0) is 19.3. The molecule has 4 bridgehead atoms. The molecule has 1 atom stereocenters. The molecule has 1 aromatic heterocycles. The molecule has 0 spiro atoms. The van der Waals surface area contributed by atoms with E-state index < -0.39 is 0 Å². The second-order valence-corrected chi connectivity index (χ2v) is 10.2. The Morgan fingerprint density at radius 1 is 1.11 bits per heavy atom. The van der Waals surface area contributed by atoms with Crippen LogP contribution in [0, 0.1) is 37.0 Å². The molecule has 5 aliphatic rings. The maximum absolute atomic E-state index is 13.2. The molecule has 4 aliphatic carbocycles. The summed E-state index contributed by atoms with van der Waals surface area (Å²) in [6, 6.07) is 2.41. The van der Waals surface area contributed by atoms with E-state index in [1.165, 1.54) is 38.5 Å². The fourth-order valence-electron chi connectivity index (χ4n) is 7.10. The Labute approximate surface area is 168 Å². The van der Waals surface area contributed by atoms with Crippen LogP contribution >= 0.6 is 0 Å². The highest BCUT2D eigenvalue weighted by Gasteiger charge is 2.51. The number of piperidine rings is 1. The lowest BCUT2D eigenvalue weighted by Gasteiger charge is -2.57. The summed E-state index contributed by atoms with van der Waals surface area (Å²) >= 11 is 0. The van der Waals surface area contributed by atoms with Crippen molar-refractivity contribution in [2.75, 3.05) is 13.1 Å². The van der Waals surface area contributed by atoms with Gasteiger partial charge in [-0.25, -0.2) is 9.97 Å². The number of likely N-dealkylation sites (tertiary alicyclic amines) is 1. The summed E-state index contributed by atoms with van der Waals surface area (Å²) < 4.78 is 6.08. The molecule has 152 valence electrons. The number of nitrogens with zero attached hydrogens (tertiary/aromatic N) is 3. The largest absolute Gasteiger partial charge is 0.458 e. The highest BCUT2D eigenvalue weighted by atomic mass is 16.5. The molecule has 1 amide bonds. The van der Waals surface area contributed by atoms with Gasteiger partial charge in [0, 0.05) is 24.4 Å². The van der Waals surface area contributed by atoms with Gasteiger partial charge in [-0.05, 0) is 94.4 Å². The second kappa shape index (κ2) is 7.00. The van der Waals surface area contributed by atoms with Gasteiger partial charge in [0.25, 0.3) is 0 Å². The number of hydrogen-bond donors (Lipinski definition) is 0. The molecule has 5 nitrogen and oxygen atoms in total. The van der Waals surface area contributed by atoms with E-state index in [4.69, 9.17) is 4.74 Å². The van der Waals surface area contributed by atoms with Crippen molar-refractivity contribution < 1.29 is 9.53 Å². The van der Waals surface area contributed by atoms with Gasteiger partial charge in [-0.15, -0.1) is 0 Å². The van der Waals surface area contributed by atoms with Gasteiger partial charge in [-0.3, -0.25) is 4.79 Å². The molecule has 1 aliphatic heterocycles. The molecule has 0 aromatic carbocycles. The third-order valence-electron chi connectivity index (χ3n) is 7.66. The predicted octanol–water partition coefficient (Wildman–Crippen LogP) is 4.07. The summed E-state index contributed by atoms with van der Waals surface area (Å²) in [6.45, 7) is 5.48. The smallest absolute Gasteiger partial charge is 0.317 e. The molecule has 0 N–H and O–H groups in total. The molecule has 28 heavy (non-hydrogen) atoms. The van der Waals surface area contributed by atoms with Crippen molar-refractivity contribution in [1.29, 1.82) is 0 Å². The Balaban J connectivity index is 1.22. The van der Waals surface area contributed by atoms with E-state index in [0.717, 1.165) is 54.9 Å². The molecule has 6 rings (SSSR count). The number of carbonyl (C=O) groups excluding carboxylic acids is 1. The number of aromatic nitrogens is 2. The van der Waals surface area contributed by atoms with E-state index >= 15 is 0 Å². The lowest BCUT2D eigenvalue weighted by Crippen LogP contribution is -2.50. The maximum atomic E-state index is 13.2. The quantitative estimate of drug-likeness (QED) is 0.786. The Hall–Kier alpha value is -1.65. The van der Waals surface area contributed by atoms with E-state index in [9.17, 15) is 4.79 Å². The SMILES string of the molecule is Cc1cc(C)nc(OC2CCCN(C(=O)CC34CC5CC(CC(C5)C3)C4)C2)n1. The van der Waals surface area contributed by atoms with E-state index in [2.05, 4.69) is 14.9 Å². The van der Waals surface area contributed by atoms with Crippen molar-refractivity contribution in [1.82, 2.24) is 14.9 Å². The van der Waals surface area contributed by atoms with Gasteiger partial charge < -0.3 is 9.64 Å². The first-order chi connectivity index (χ1) is 13.5. The maximum Gasteiger partial charge on any atom is 0.317 e. The monoisotopic (exact) mass is 383 g/mol. The van der Waals surface area contributed by atoms with Crippen molar-refractivity contribution >= 4 is 5.91 Å². The van der Waals surface area contributed by atoms with Crippen molar-refractivity contribution in [2.24, 2.45) is 23.2 Å². The van der Waals surface area contributed by atoms with E-state index in [1.54, 1.807) is 0 Å². The van der Waals surface area contributed by atoms with Crippen molar-refractivity contribution in [3.05, 3.63) is 17.5 Å². The van der Waals surface area contributed by atoms with Crippen LogP contribution in [-0.4, -0.2) is 40.0 Å². The lowest BCUT2D eigenvalue weighted by atomic mass is 9.49. The summed E-state index contributed by atoms with van der Waals surface area (Å²) in [7, 11) is 0. The molecular formula is C23H33N3O2. The second-order valence-electron chi connectivity index (χ2n) is 10.2. The van der Waals surface area contributed by atoms with Gasteiger partial charge in [-0.2, -0.15) is 0 Å². The third kappa shape index (κ3) is 3.65. The summed E-state index contributed by atoms with van der Waals surface area (Å²) in [5.74, 6) is 3.06. The molecular weight excluding hydrogens is 350 g/mol. The van der Waals surface area contributed by atoms with Crippen molar-refractivity contribution in [3.8, 4) is 6.01 Å². The van der Waals surface area contributed by atoms with Gasteiger partial charge in [0.2, 0.25) is 5.91 Å². The van der Waals surface area contributed by atoms with E-state index in [-0.39, 0.29) is 6.10 Å². The van der Waals surface area contributed by atoms with Crippen LogP contribution in [0.2, 0.25) is 0 Å². The van der Waals surface area contributed by atoms with E-state index in [1.807, 2.05) is 19.9 Å². The van der Waals surface area contributed by atoms with Gasteiger partial charge in [0.05, 0.1) is 6.54 Å². The molecule has 5 heteroatoms. The Bertz CT molecular complexity index is 707. The van der Waals surface area contributed by atoms with Crippen LogP contribution in [0.15, 0.2) is 6.07 Å². The minimum atomic E-state index is 0.00950. The number of amides is 1. The first kappa shape index (κ1) is 18.4. The summed E-state index contributed by atoms with van der Waals surface area (Å²) in [6.07, 6.45) is 11.0. The van der Waals surface area contributed by atoms with Crippen LogP contribution in [0.5, 0.6) is 6.01 Å². The van der Waals surface area contributed by atoms with E-state index in [0.29, 0.717) is 23.9 Å². The van der Waals surface area contributed by atoms with Crippen LogP contribution in [0.4, 0.5) is 0 Å². The van der Waals surface area contributed by atoms with Gasteiger partial charge >= 0.3 is 6.01 Å². The van der Waals surface area contributed by atoms with Crippen molar-refractivity contribution in [3.63, 3.8) is 0 Å². The predicted molar refractivity (Wildman–Crippen MR) is 107 cm³/mol. The van der Waals surface area contributed by atoms with Gasteiger partial charge in [0.15, 0.2) is 0 Å². The fourth-order valence-corrected chi connectivity index (χ4v) is 7.10. The first-order valence-corrected chi connectivity index (χ1v) is 11.2. The summed E-state index contributed by atoms with van der Waals surface area (Å²) in [5, 5.41) is 0. The van der Waals surface area contributed by atoms with Crippen molar-refractivity contribution in [2.45, 2.75) is 77.7 Å². The van der Waals surface area contributed by atoms with Crippen LogP contribution in [-0.2, 0) is 4.79 Å². The average molecular weight is 384 g/mol. The number of hydrogen-bond acceptors (Lipinski definition) is 4. The zero-order valence-corrected chi connectivity index (χ0v) is 17.3. The normalized spacial score (nSPS) is 36.6. The van der Waals surface area contributed by atoms with Crippen LogP contribution in [0.1, 0.15) is 69.2 Å². The first-order valence-electron chi connectivity index (χ1n) is 11.2. The molecule has 1 aromatic rings. The van der Waals surface area contributed by atoms with Crippen LogP contribution in [0.3, 0.4) is 0 Å². The minimum Gasteiger partial charge on any atom is -0.458 e. The minimum absolute atomic E-state index is 0.00950. The van der Waals surface area contributed by atoms with Gasteiger partial charge in [-0.1, -0.05) is 0 Å². The standard InChI is InChI=1S/C23H33N3O2/c1-15-6-16(2)25-22(24-15)28-20-4-3-5-26(14-20)21(27)13-23-10-17-7-18(11-23)9-19(8-17)12-23/h6,17-20H,3-5,7-14H2,1-2H3. The highest BCUT2D eigenvalue weighted by molar-refractivity contribution is 5.77. The Morgan fingerprint density at radius 2 is 1.71 bits per heavy atom. The van der Waals surface area contributed by atoms with Crippen LogP contribution < -0.4 is 4.74 Å².